The van der Waals surface area contributed by atoms with Crippen molar-refractivity contribution in [2.24, 2.45) is 5.92 Å². The summed E-state index contributed by atoms with van der Waals surface area (Å²) in [6, 6.07) is 19.4. The van der Waals surface area contributed by atoms with Gasteiger partial charge in [0, 0.05) is 24.1 Å². The highest BCUT2D eigenvalue weighted by Crippen LogP contribution is 2.28. The number of likely N-dealkylation sites (tertiary alicyclic amines) is 1. The average molecular weight is 854 g/mol. The van der Waals surface area contributed by atoms with Crippen LogP contribution in [0.15, 0.2) is 90.4 Å². The lowest BCUT2D eigenvalue weighted by atomic mass is 10.0. The van der Waals surface area contributed by atoms with Crippen molar-refractivity contribution in [1.82, 2.24) is 35.8 Å². The van der Waals surface area contributed by atoms with Crippen molar-refractivity contribution >= 4 is 51.0 Å². The molecule has 1 aliphatic heterocycles. The molecule has 0 radical (unpaired) electrons. The number of nitrogens with one attached hydrogen (secondary N) is 3. The zero-order chi connectivity index (χ0) is 43.5. The van der Waals surface area contributed by atoms with E-state index in [9.17, 15) is 29.1 Å². The second-order valence-electron chi connectivity index (χ2n) is 15.2. The predicted octanol–water partition coefficient (Wildman–Crippen LogP) is 3.66. The molecule has 1 saturated heterocycles. The van der Waals surface area contributed by atoms with Crippen molar-refractivity contribution in [2.45, 2.75) is 83.5 Å². The number of para-hydroxylation sites is 2. The number of carbonyl (C=O) groups excluding carboxylic acids is 5. The van der Waals surface area contributed by atoms with Crippen molar-refractivity contribution in [3.8, 4) is 11.5 Å². The van der Waals surface area contributed by atoms with Gasteiger partial charge in [-0.3, -0.25) is 19.2 Å². The number of nitrogens with zero attached hydrogens (tertiary/aromatic N) is 4. The van der Waals surface area contributed by atoms with Crippen molar-refractivity contribution in [3.05, 3.63) is 107 Å². The van der Waals surface area contributed by atoms with Gasteiger partial charge in [-0.2, -0.15) is 0 Å². The highest BCUT2D eigenvalue weighted by Gasteiger charge is 2.43. The molecule has 322 valence electrons. The molecule has 17 heteroatoms. The Hall–Kier alpha value is -6.33. The highest BCUT2D eigenvalue weighted by molar-refractivity contribution is 7.17. The average Bonchev–Trinajstić information content (AvgIpc) is 4.00. The van der Waals surface area contributed by atoms with Crippen LogP contribution < -0.4 is 25.4 Å². The Morgan fingerprint density at radius 3 is 2.41 bits per heavy atom. The van der Waals surface area contributed by atoms with Gasteiger partial charge in [-0.1, -0.05) is 67.6 Å². The summed E-state index contributed by atoms with van der Waals surface area (Å²) in [5, 5.41) is 30.3. The number of aliphatic hydroxyl groups is 1. The monoisotopic (exact) mass is 853 g/mol. The molecule has 61 heavy (non-hydrogen) atoms. The molecule has 0 bridgehead atoms. The zero-order valence-corrected chi connectivity index (χ0v) is 35.3. The molecule has 2 aromatic heterocycles. The van der Waals surface area contributed by atoms with E-state index in [0.717, 1.165) is 21.4 Å². The lowest BCUT2D eigenvalue weighted by Gasteiger charge is -2.30. The molecule has 3 heterocycles. The third kappa shape index (κ3) is 11.7. The number of benzene rings is 3. The molecule has 0 spiro atoms. The summed E-state index contributed by atoms with van der Waals surface area (Å²) in [7, 11) is 1.21. The van der Waals surface area contributed by atoms with E-state index in [1.54, 1.807) is 35.1 Å². The molecule has 5 aromatic rings. The van der Waals surface area contributed by atoms with Gasteiger partial charge in [-0.15, -0.1) is 16.4 Å². The van der Waals surface area contributed by atoms with Crippen LogP contribution >= 0.6 is 11.3 Å². The fraction of sp³-hybridized carbons (Fsp3) is 0.386. The van der Waals surface area contributed by atoms with Crippen LogP contribution in [-0.2, 0) is 43.5 Å². The number of aromatic nitrogens is 3. The van der Waals surface area contributed by atoms with Gasteiger partial charge in [-0.25, -0.2) is 9.48 Å². The molecule has 4 amide bonds. The van der Waals surface area contributed by atoms with Crippen LogP contribution in [0.5, 0.6) is 11.5 Å². The van der Waals surface area contributed by atoms with Crippen molar-refractivity contribution < 1.29 is 43.3 Å². The fourth-order valence-corrected chi connectivity index (χ4v) is 8.07. The van der Waals surface area contributed by atoms with Crippen LogP contribution in [0.25, 0.3) is 10.1 Å². The number of amides is 4. The van der Waals surface area contributed by atoms with E-state index in [-0.39, 0.29) is 49.6 Å². The predicted molar refractivity (Wildman–Crippen MR) is 227 cm³/mol. The van der Waals surface area contributed by atoms with E-state index >= 15 is 0 Å². The molecular formula is C44H51N7O9S. The van der Waals surface area contributed by atoms with Crippen LogP contribution in [0.1, 0.15) is 55.2 Å². The Kier molecular flexibility index (Phi) is 15.1. The Bertz CT molecular complexity index is 2300. The summed E-state index contributed by atoms with van der Waals surface area (Å²) in [4.78, 5) is 69.5. The van der Waals surface area contributed by atoms with Crippen LogP contribution in [0.4, 0.5) is 0 Å². The largest absolute Gasteiger partial charge is 0.492 e. The van der Waals surface area contributed by atoms with Gasteiger partial charge in [0.25, 0.3) is 5.91 Å². The normalized spacial score (nSPS) is 16.4. The number of ether oxygens (including phenoxy) is 3. The number of hydrogen-bond donors (Lipinski definition) is 4. The molecule has 5 atom stereocenters. The first kappa shape index (κ1) is 44.2. The molecule has 1 aliphatic rings. The molecule has 0 unspecified atom stereocenters. The van der Waals surface area contributed by atoms with Gasteiger partial charge in [0.2, 0.25) is 17.7 Å². The number of thiophene rings is 1. The van der Waals surface area contributed by atoms with Crippen LogP contribution in [-0.4, -0.2) is 105 Å². The van der Waals surface area contributed by atoms with E-state index in [2.05, 4.69) is 26.3 Å². The Labute approximate surface area is 357 Å². The van der Waals surface area contributed by atoms with Gasteiger partial charge in [-0.05, 0) is 65.9 Å². The summed E-state index contributed by atoms with van der Waals surface area (Å²) < 4.78 is 19.2. The summed E-state index contributed by atoms with van der Waals surface area (Å²) in [5.41, 5.74) is 1.52. The highest BCUT2D eigenvalue weighted by atomic mass is 32.1. The summed E-state index contributed by atoms with van der Waals surface area (Å²) in [5.74, 6) is -2.12. The lowest BCUT2D eigenvalue weighted by Crippen LogP contribution is -2.57. The van der Waals surface area contributed by atoms with Crippen LogP contribution in [0.2, 0.25) is 0 Å². The number of aliphatic hydroxyl groups excluding tert-OH is 1. The second kappa shape index (κ2) is 20.8. The molecular weight excluding hydrogens is 803 g/mol. The van der Waals surface area contributed by atoms with Crippen LogP contribution in [0.3, 0.4) is 0 Å². The summed E-state index contributed by atoms with van der Waals surface area (Å²) in [6.45, 7) is 5.98. The second-order valence-corrected chi connectivity index (χ2v) is 16.2. The number of methoxy groups -OCH3 is 1. The van der Waals surface area contributed by atoms with E-state index in [0.29, 0.717) is 18.8 Å². The third-order valence-corrected chi connectivity index (χ3v) is 11.1. The molecule has 3 aromatic carbocycles. The lowest BCUT2D eigenvalue weighted by molar-refractivity contribution is -0.145. The first-order valence-electron chi connectivity index (χ1n) is 20.1. The topological polar surface area (TPSA) is 203 Å². The summed E-state index contributed by atoms with van der Waals surface area (Å²) in [6.07, 6.45) is 0.926. The van der Waals surface area contributed by atoms with E-state index in [1.165, 1.54) is 30.3 Å². The van der Waals surface area contributed by atoms with Gasteiger partial charge in [0.05, 0.1) is 31.5 Å². The molecule has 1 fully saturated rings. The van der Waals surface area contributed by atoms with Gasteiger partial charge >= 0.3 is 5.97 Å². The maximum atomic E-state index is 14.4. The Morgan fingerprint density at radius 1 is 0.902 bits per heavy atom. The minimum Gasteiger partial charge on any atom is -0.492 e. The Morgan fingerprint density at radius 2 is 1.64 bits per heavy atom. The number of β-amino-alcohol motifs (C(OH)–C–C–N with tert-alkyl or cyclic N) is 1. The quantitative estimate of drug-likeness (QED) is 0.0884. The molecule has 0 saturated carbocycles. The summed E-state index contributed by atoms with van der Waals surface area (Å²) >= 11 is 1.50. The molecule has 4 N–H and O–H groups in total. The first-order valence-corrected chi connectivity index (χ1v) is 21.0. The van der Waals surface area contributed by atoms with Gasteiger partial charge in [0.1, 0.15) is 54.6 Å². The molecule has 6 rings (SSSR count). The number of hydrogen-bond acceptors (Lipinski definition) is 12. The number of esters is 1. The minimum absolute atomic E-state index is 0.0178. The molecule has 16 nitrogen and oxygen atoms in total. The van der Waals surface area contributed by atoms with Crippen LogP contribution in [0, 0.1) is 5.92 Å². The minimum atomic E-state index is -1.16. The third-order valence-electron chi connectivity index (χ3n) is 10.1. The zero-order valence-electron chi connectivity index (χ0n) is 34.5. The maximum Gasteiger partial charge on any atom is 0.328 e. The van der Waals surface area contributed by atoms with E-state index in [1.807, 2.05) is 73.8 Å². The van der Waals surface area contributed by atoms with Crippen molar-refractivity contribution in [3.63, 3.8) is 0 Å². The van der Waals surface area contributed by atoms with Crippen molar-refractivity contribution in [1.29, 1.82) is 0 Å². The Balaban J connectivity index is 1.13. The number of fused-ring (bicyclic) bond motifs is 1. The SMILES string of the molecule is COC(=O)[C@H](C)NC(=O)[C@H](Cc1csc2ccccc12)NC(=O)[C@H]1C[C@H](O)CN1C(=O)[C@@H](CC(C)C)NC(=O)c1ccccc1OCc1cn(CCOc2ccccc2)nn1. The molecule has 0 aliphatic carbocycles. The van der Waals surface area contributed by atoms with E-state index < -0.39 is 59.9 Å². The van der Waals surface area contributed by atoms with Gasteiger partial charge in [0.15, 0.2) is 0 Å². The standard InChI is InChI=1S/C44H51N7O9S/c1-27(2)20-36(47-40(53)34-15-8-10-16-38(34)60-25-30-23-50(49-48-30)18-19-59-32-12-6-5-7-13-32)43(56)51-24-31(52)22-37(51)42(55)46-35(41(54)45-28(3)44(57)58-4)21-29-26-61-39-17-11-9-14-33(29)39/h5-17,23,26-28,31,35-37,52H,18-22,24-25H2,1-4H3,(H,45,54)(H,46,55)(H,47,53)/t28-,31-,35-,36+,37+/m0/s1. The first-order chi connectivity index (χ1) is 29.4. The fourth-order valence-electron chi connectivity index (χ4n) is 7.09. The number of carbonyl (C=O) groups is 5. The van der Waals surface area contributed by atoms with Crippen molar-refractivity contribution in [2.75, 3.05) is 20.3 Å². The number of rotatable bonds is 19. The maximum absolute atomic E-state index is 14.4. The smallest absolute Gasteiger partial charge is 0.328 e. The van der Waals surface area contributed by atoms with Gasteiger partial charge < -0.3 is 40.2 Å². The van der Waals surface area contributed by atoms with E-state index in [4.69, 9.17) is 14.2 Å².